The maximum Gasteiger partial charge on any atom is 0.244 e. The van der Waals surface area contributed by atoms with Crippen LogP contribution < -0.4 is 5.32 Å². The lowest BCUT2D eigenvalue weighted by Crippen LogP contribution is -2.31. The molecule has 1 N–H and O–H groups in total. The molecule has 0 saturated heterocycles. The minimum Gasteiger partial charge on any atom is -0.350 e. The van der Waals surface area contributed by atoms with Crippen LogP contribution in [0.4, 0.5) is 0 Å². The van der Waals surface area contributed by atoms with Crippen LogP contribution in [0.3, 0.4) is 0 Å². The van der Waals surface area contributed by atoms with Crippen molar-refractivity contribution in [1.82, 2.24) is 5.32 Å². The highest BCUT2D eigenvalue weighted by Crippen LogP contribution is 2.05. The van der Waals surface area contributed by atoms with Crippen molar-refractivity contribution in [3.8, 4) is 0 Å². The number of nitrogens with one attached hydrogen (secondary N) is 1. The minimum atomic E-state index is -0.0422. The predicted octanol–water partition coefficient (Wildman–Crippen LogP) is 3.84. The van der Waals surface area contributed by atoms with Crippen molar-refractivity contribution < 1.29 is 4.79 Å². The van der Waals surface area contributed by atoms with E-state index in [0.717, 1.165) is 18.4 Å². The van der Waals surface area contributed by atoms with Gasteiger partial charge in [-0.1, -0.05) is 60.7 Å². The van der Waals surface area contributed by atoms with Gasteiger partial charge in [-0.05, 0) is 37.0 Å². The van der Waals surface area contributed by atoms with Crippen LogP contribution in [-0.2, 0) is 11.2 Å². The fourth-order valence-corrected chi connectivity index (χ4v) is 2.13. The highest BCUT2D eigenvalue weighted by molar-refractivity contribution is 5.91. The Morgan fingerprint density at radius 3 is 2.33 bits per heavy atom. The highest BCUT2D eigenvalue weighted by Gasteiger charge is 2.04. The highest BCUT2D eigenvalue weighted by atomic mass is 16.1. The molecule has 0 aliphatic rings. The van der Waals surface area contributed by atoms with E-state index in [4.69, 9.17) is 0 Å². The number of carbonyl (C=O) groups excluding carboxylic acids is 1. The molecule has 1 amide bonds. The van der Waals surface area contributed by atoms with Crippen molar-refractivity contribution in [3.05, 3.63) is 77.9 Å². The molecular formula is C19H21NO. The monoisotopic (exact) mass is 279 g/mol. The van der Waals surface area contributed by atoms with E-state index in [1.54, 1.807) is 6.08 Å². The van der Waals surface area contributed by atoms with E-state index in [0.29, 0.717) is 0 Å². The fourth-order valence-electron chi connectivity index (χ4n) is 2.13. The molecule has 108 valence electrons. The largest absolute Gasteiger partial charge is 0.350 e. The van der Waals surface area contributed by atoms with Gasteiger partial charge in [0.25, 0.3) is 0 Å². The Labute approximate surface area is 126 Å². The van der Waals surface area contributed by atoms with Crippen molar-refractivity contribution >= 4 is 12.0 Å². The van der Waals surface area contributed by atoms with E-state index in [-0.39, 0.29) is 11.9 Å². The second kappa shape index (κ2) is 8.05. The first-order valence-corrected chi connectivity index (χ1v) is 7.31. The van der Waals surface area contributed by atoms with Crippen molar-refractivity contribution in [1.29, 1.82) is 0 Å². The first-order valence-electron chi connectivity index (χ1n) is 7.31. The summed E-state index contributed by atoms with van der Waals surface area (Å²) in [4.78, 5) is 11.8. The van der Waals surface area contributed by atoms with Crippen molar-refractivity contribution in [2.75, 3.05) is 0 Å². The third-order valence-corrected chi connectivity index (χ3v) is 3.32. The number of amides is 1. The maximum atomic E-state index is 11.8. The third kappa shape index (κ3) is 5.65. The first-order chi connectivity index (χ1) is 10.2. The van der Waals surface area contributed by atoms with E-state index in [1.807, 2.05) is 61.5 Å². The van der Waals surface area contributed by atoms with Gasteiger partial charge in [-0.15, -0.1) is 0 Å². The second-order valence-corrected chi connectivity index (χ2v) is 5.18. The Morgan fingerprint density at radius 1 is 1.05 bits per heavy atom. The molecule has 0 unspecified atom stereocenters. The second-order valence-electron chi connectivity index (χ2n) is 5.18. The van der Waals surface area contributed by atoms with Gasteiger partial charge in [0.1, 0.15) is 0 Å². The molecule has 2 heteroatoms. The van der Waals surface area contributed by atoms with E-state index < -0.39 is 0 Å². The molecule has 21 heavy (non-hydrogen) atoms. The van der Waals surface area contributed by atoms with Crippen LogP contribution in [0.5, 0.6) is 0 Å². The smallest absolute Gasteiger partial charge is 0.244 e. The van der Waals surface area contributed by atoms with Crippen LogP contribution in [0.1, 0.15) is 24.5 Å². The van der Waals surface area contributed by atoms with Gasteiger partial charge in [0.15, 0.2) is 0 Å². The standard InChI is InChI=1S/C19H21NO/c1-16(12-13-17-8-4-2-5-9-17)20-19(21)15-14-18-10-6-3-7-11-18/h2-11,14-16H,12-13H2,1H3,(H,20,21)/b15-14-/t16-/m1/s1. The Kier molecular flexibility index (Phi) is 5.77. The molecule has 0 heterocycles. The zero-order valence-electron chi connectivity index (χ0n) is 12.3. The summed E-state index contributed by atoms with van der Waals surface area (Å²) in [5.41, 5.74) is 2.34. The van der Waals surface area contributed by atoms with Crippen LogP contribution in [0.15, 0.2) is 66.7 Å². The van der Waals surface area contributed by atoms with Crippen LogP contribution in [-0.4, -0.2) is 11.9 Å². The number of carbonyl (C=O) groups is 1. The molecule has 0 bridgehead atoms. The first kappa shape index (κ1) is 15.0. The van der Waals surface area contributed by atoms with Crippen LogP contribution >= 0.6 is 0 Å². The van der Waals surface area contributed by atoms with Gasteiger partial charge in [0.2, 0.25) is 5.91 Å². The molecular weight excluding hydrogens is 258 g/mol. The number of benzene rings is 2. The van der Waals surface area contributed by atoms with Gasteiger partial charge in [-0.2, -0.15) is 0 Å². The number of hydrogen-bond donors (Lipinski definition) is 1. The maximum absolute atomic E-state index is 11.8. The van der Waals surface area contributed by atoms with Gasteiger partial charge in [-0.25, -0.2) is 0 Å². The summed E-state index contributed by atoms with van der Waals surface area (Å²) in [5, 5.41) is 2.99. The van der Waals surface area contributed by atoms with Gasteiger partial charge in [0, 0.05) is 12.1 Å². The van der Waals surface area contributed by atoms with Crippen LogP contribution in [0, 0.1) is 0 Å². The van der Waals surface area contributed by atoms with Crippen molar-refractivity contribution in [3.63, 3.8) is 0 Å². The Bertz CT molecular complexity index is 575. The molecule has 0 aliphatic carbocycles. The average Bonchev–Trinajstić information content (AvgIpc) is 2.53. The molecule has 0 fully saturated rings. The Hall–Kier alpha value is -2.35. The predicted molar refractivity (Wildman–Crippen MR) is 87.8 cm³/mol. The van der Waals surface area contributed by atoms with E-state index in [9.17, 15) is 4.79 Å². The molecule has 0 spiro atoms. The summed E-state index contributed by atoms with van der Waals surface area (Å²) in [7, 11) is 0. The molecule has 2 nitrogen and oxygen atoms in total. The SMILES string of the molecule is C[C@H](CCc1ccccc1)NC(=O)/C=C\c1ccccc1. The summed E-state index contributed by atoms with van der Waals surface area (Å²) in [6.45, 7) is 2.04. The molecule has 0 aromatic heterocycles. The molecule has 2 aromatic carbocycles. The van der Waals surface area contributed by atoms with Crippen LogP contribution in [0.25, 0.3) is 6.08 Å². The number of rotatable bonds is 6. The average molecular weight is 279 g/mol. The van der Waals surface area contributed by atoms with Gasteiger partial charge in [0.05, 0.1) is 0 Å². The molecule has 1 atom stereocenters. The van der Waals surface area contributed by atoms with Gasteiger partial charge >= 0.3 is 0 Å². The number of hydrogen-bond acceptors (Lipinski definition) is 1. The van der Waals surface area contributed by atoms with E-state index >= 15 is 0 Å². The fraction of sp³-hybridized carbons (Fsp3) is 0.211. The summed E-state index contributed by atoms with van der Waals surface area (Å²) >= 11 is 0. The molecule has 2 rings (SSSR count). The zero-order chi connectivity index (χ0) is 14.9. The summed E-state index contributed by atoms with van der Waals surface area (Å²) < 4.78 is 0. The van der Waals surface area contributed by atoms with E-state index in [2.05, 4.69) is 17.4 Å². The van der Waals surface area contributed by atoms with Crippen molar-refractivity contribution in [2.45, 2.75) is 25.8 Å². The quantitative estimate of drug-likeness (QED) is 0.800. The van der Waals surface area contributed by atoms with Crippen LogP contribution in [0.2, 0.25) is 0 Å². The van der Waals surface area contributed by atoms with Gasteiger partial charge in [-0.3, -0.25) is 4.79 Å². The summed E-state index contributed by atoms with van der Waals surface area (Å²) in [5.74, 6) is -0.0422. The molecule has 0 aliphatic heterocycles. The van der Waals surface area contributed by atoms with Gasteiger partial charge < -0.3 is 5.32 Å². The lowest BCUT2D eigenvalue weighted by molar-refractivity contribution is -0.117. The molecule has 0 saturated carbocycles. The summed E-state index contributed by atoms with van der Waals surface area (Å²) in [6.07, 6.45) is 5.34. The Morgan fingerprint density at radius 2 is 1.67 bits per heavy atom. The molecule has 2 aromatic rings. The lowest BCUT2D eigenvalue weighted by atomic mass is 10.1. The van der Waals surface area contributed by atoms with Crippen molar-refractivity contribution in [2.24, 2.45) is 0 Å². The zero-order valence-corrected chi connectivity index (χ0v) is 12.3. The summed E-state index contributed by atoms with van der Waals surface area (Å²) in [6, 6.07) is 20.3. The minimum absolute atomic E-state index is 0.0422. The molecule has 0 radical (unpaired) electrons. The topological polar surface area (TPSA) is 29.1 Å². The number of aryl methyl sites for hydroxylation is 1. The normalized spacial score (nSPS) is 12.2. The lowest BCUT2D eigenvalue weighted by Gasteiger charge is -2.12. The Balaban J connectivity index is 1.76. The van der Waals surface area contributed by atoms with E-state index in [1.165, 1.54) is 5.56 Å². The third-order valence-electron chi connectivity index (χ3n) is 3.32.